The summed E-state index contributed by atoms with van der Waals surface area (Å²) in [7, 11) is -2.10. The molecule has 1 aliphatic carbocycles. The number of rotatable bonds is 4. The Morgan fingerprint density at radius 1 is 1.23 bits per heavy atom. The van der Waals surface area contributed by atoms with Crippen molar-refractivity contribution in [3.63, 3.8) is 0 Å². The van der Waals surface area contributed by atoms with Gasteiger partial charge in [0.1, 0.15) is 11.2 Å². The van der Waals surface area contributed by atoms with Crippen LogP contribution in [0, 0.1) is 0 Å². The molecule has 0 spiro atoms. The van der Waals surface area contributed by atoms with E-state index in [-0.39, 0.29) is 10.5 Å². The molecule has 1 aromatic carbocycles. The molecular formula is C17H17N5O3S. The zero-order valence-corrected chi connectivity index (χ0v) is 14.8. The Morgan fingerprint density at radius 2 is 1.92 bits per heavy atom. The third kappa shape index (κ3) is 3.06. The minimum Gasteiger partial charge on any atom is -0.367 e. The summed E-state index contributed by atoms with van der Waals surface area (Å²) in [6.45, 7) is 0. The minimum atomic E-state index is -3.75. The van der Waals surface area contributed by atoms with Gasteiger partial charge in [0, 0.05) is 18.7 Å². The van der Waals surface area contributed by atoms with Crippen molar-refractivity contribution < 1.29 is 8.42 Å². The average Bonchev–Trinajstić information content (AvgIpc) is 3.41. The first-order valence-corrected chi connectivity index (χ1v) is 9.64. The van der Waals surface area contributed by atoms with Crippen LogP contribution in [0.5, 0.6) is 0 Å². The van der Waals surface area contributed by atoms with Gasteiger partial charge in [0.05, 0.1) is 22.4 Å². The highest BCUT2D eigenvalue weighted by atomic mass is 32.2. The van der Waals surface area contributed by atoms with Crippen LogP contribution in [0.2, 0.25) is 0 Å². The second kappa shape index (κ2) is 5.89. The van der Waals surface area contributed by atoms with Crippen molar-refractivity contribution in [2.75, 3.05) is 5.32 Å². The van der Waals surface area contributed by atoms with Gasteiger partial charge in [0.25, 0.3) is 5.56 Å². The van der Waals surface area contributed by atoms with Gasteiger partial charge in [-0.25, -0.2) is 23.5 Å². The first-order valence-electron chi connectivity index (χ1n) is 8.09. The highest BCUT2D eigenvalue weighted by Crippen LogP contribution is 2.29. The molecule has 2 heterocycles. The largest absolute Gasteiger partial charge is 0.367 e. The summed E-state index contributed by atoms with van der Waals surface area (Å²) in [5.74, 6) is 0.504. The van der Waals surface area contributed by atoms with E-state index in [1.54, 1.807) is 25.2 Å². The Hall–Kier alpha value is -2.78. The standard InChI is InChI=1S/C17H17N5O3S/c1-22-9-19-14-8-13(10-2-6-12(7-3-10)26(18,24)25)21-16(15(14)17(22)23)20-11-4-5-11/h2-3,6-9,11H,4-5H2,1H3,(H,20,21)(H2,18,24,25). The van der Waals surface area contributed by atoms with Gasteiger partial charge in [-0.05, 0) is 31.0 Å². The number of nitrogens with zero attached hydrogens (tertiary/aromatic N) is 3. The van der Waals surface area contributed by atoms with Gasteiger partial charge in [-0.3, -0.25) is 4.79 Å². The summed E-state index contributed by atoms with van der Waals surface area (Å²) < 4.78 is 24.2. The number of primary sulfonamides is 1. The second-order valence-electron chi connectivity index (χ2n) is 6.40. The maximum absolute atomic E-state index is 12.5. The molecule has 26 heavy (non-hydrogen) atoms. The van der Waals surface area contributed by atoms with Gasteiger partial charge in [-0.2, -0.15) is 0 Å². The second-order valence-corrected chi connectivity index (χ2v) is 7.96. The lowest BCUT2D eigenvalue weighted by Crippen LogP contribution is -2.19. The van der Waals surface area contributed by atoms with Crippen LogP contribution in [0.1, 0.15) is 12.8 Å². The van der Waals surface area contributed by atoms with E-state index in [0.717, 1.165) is 12.8 Å². The van der Waals surface area contributed by atoms with Crippen molar-refractivity contribution in [3.8, 4) is 11.3 Å². The maximum atomic E-state index is 12.5. The summed E-state index contributed by atoms with van der Waals surface area (Å²) in [6.07, 6.45) is 3.55. The van der Waals surface area contributed by atoms with E-state index in [9.17, 15) is 13.2 Å². The molecule has 0 aliphatic heterocycles. The molecule has 0 atom stereocenters. The van der Waals surface area contributed by atoms with E-state index in [2.05, 4.69) is 15.3 Å². The smallest absolute Gasteiger partial charge is 0.264 e. The molecule has 4 rings (SSSR count). The van der Waals surface area contributed by atoms with Gasteiger partial charge in [-0.15, -0.1) is 0 Å². The van der Waals surface area contributed by atoms with Crippen LogP contribution in [0.3, 0.4) is 0 Å². The lowest BCUT2D eigenvalue weighted by Gasteiger charge is -2.11. The number of pyridine rings is 1. The summed E-state index contributed by atoms with van der Waals surface area (Å²) in [5, 5.41) is 8.88. The van der Waals surface area contributed by atoms with E-state index in [4.69, 9.17) is 5.14 Å². The number of aryl methyl sites for hydroxylation is 1. The number of sulfonamides is 1. The van der Waals surface area contributed by atoms with Crippen LogP contribution in [0.4, 0.5) is 5.82 Å². The van der Waals surface area contributed by atoms with Gasteiger partial charge in [-0.1, -0.05) is 12.1 Å². The molecule has 0 radical (unpaired) electrons. The normalized spacial score (nSPS) is 14.5. The maximum Gasteiger partial charge on any atom is 0.264 e. The first kappa shape index (κ1) is 16.7. The quantitative estimate of drug-likeness (QED) is 0.711. The number of nitrogens with two attached hydrogens (primary N) is 1. The van der Waals surface area contributed by atoms with E-state index < -0.39 is 10.0 Å². The fourth-order valence-corrected chi connectivity index (χ4v) is 3.23. The molecule has 2 aromatic heterocycles. The Balaban J connectivity index is 1.88. The Bertz CT molecular complexity index is 1170. The first-order chi connectivity index (χ1) is 12.3. The fraction of sp³-hybridized carbons (Fsp3) is 0.235. The van der Waals surface area contributed by atoms with Crippen molar-refractivity contribution in [2.24, 2.45) is 12.2 Å². The van der Waals surface area contributed by atoms with Gasteiger partial charge in [0.2, 0.25) is 10.0 Å². The van der Waals surface area contributed by atoms with E-state index in [1.807, 2.05) is 0 Å². The van der Waals surface area contributed by atoms with Crippen LogP contribution >= 0.6 is 0 Å². The van der Waals surface area contributed by atoms with E-state index in [1.165, 1.54) is 23.0 Å². The minimum absolute atomic E-state index is 0.0327. The zero-order chi connectivity index (χ0) is 18.5. The van der Waals surface area contributed by atoms with Crippen molar-refractivity contribution in [1.29, 1.82) is 0 Å². The lowest BCUT2D eigenvalue weighted by atomic mass is 10.1. The van der Waals surface area contributed by atoms with E-state index in [0.29, 0.717) is 34.0 Å². The highest BCUT2D eigenvalue weighted by molar-refractivity contribution is 7.89. The fourth-order valence-electron chi connectivity index (χ4n) is 2.71. The van der Waals surface area contributed by atoms with Gasteiger partial charge < -0.3 is 9.88 Å². The third-order valence-electron chi connectivity index (χ3n) is 4.30. The summed E-state index contributed by atoms with van der Waals surface area (Å²) in [5.41, 5.74) is 1.68. The van der Waals surface area contributed by atoms with E-state index >= 15 is 0 Å². The molecule has 134 valence electrons. The average molecular weight is 371 g/mol. The SMILES string of the molecule is Cn1cnc2cc(-c3ccc(S(N)(=O)=O)cc3)nc(NC3CC3)c2c1=O. The van der Waals surface area contributed by atoms with Crippen LogP contribution in [0.25, 0.3) is 22.2 Å². The molecule has 0 saturated heterocycles. The molecular weight excluding hydrogens is 354 g/mol. The highest BCUT2D eigenvalue weighted by Gasteiger charge is 2.24. The molecule has 0 bridgehead atoms. The number of anilines is 1. The van der Waals surface area contributed by atoms with Crippen molar-refractivity contribution >= 4 is 26.7 Å². The molecule has 0 amide bonds. The number of aromatic nitrogens is 3. The molecule has 1 aliphatic rings. The van der Waals surface area contributed by atoms with Gasteiger partial charge in [0.15, 0.2) is 0 Å². The Morgan fingerprint density at radius 3 is 2.54 bits per heavy atom. The van der Waals surface area contributed by atoms with Crippen LogP contribution in [-0.2, 0) is 17.1 Å². The van der Waals surface area contributed by atoms with Crippen LogP contribution in [-0.4, -0.2) is 29.0 Å². The molecule has 8 nitrogen and oxygen atoms in total. The number of hydrogen-bond donors (Lipinski definition) is 2. The number of nitrogens with one attached hydrogen (secondary N) is 1. The van der Waals surface area contributed by atoms with Gasteiger partial charge >= 0.3 is 0 Å². The molecule has 1 fully saturated rings. The molecule has 9 heteroatoms. The summed E-state index contributed by atoms with van der Waals surface area (Å²) >= 11 is 0. The zero-order valence-electron chi connectivity index (χ0n) is 14.0. The Labute approximate surface area is 149 Å². The summed E-state index contributed by atoms with van der Waals surface area (Å²) in [4.78, 5) is 21.5. The van der Waals surface area contributed by atoms with Crippen LogP contribution in [0.15, 0.2) is 46.3 Å². The monoisotopic (exact) mass is 371 g/mol. The molecule has 0 unspecified atom stereocenters. The number of fused-ring (bicyclic) bond motifs is 1. The van der Waals surface area contributed by atoms with Crippen molar-refractivity contribution in [2.45, 2.75) is 23.8 Å². The van der Waals surface area contributed by atoms with Crippen molar-refractivity contribution in [3.05, 3.63) is 47.0 Å². The Kier molecular flexibility index (Phi) is 3.78. The van der Waals surface area contributed by atoms with Crippen LogP contribution < -0.4 is 16.0 Å². The number of hydrogen-bond acceptors (Lipinski definition) is 6. The molecule has 3 aromatic rings. The molecule has 3 N–H and O–H groups in total. The molecule has 1 saturated carbocycles. The topological polar surface area (TPSA) is 120 Å². The lowest BCUT2D eigenvalue weighted by molar-refractivity contribution is 0.598. The number of benzene rings is 1. The third-order valence-corrected chi connectivity index (χ3v) is 5.23. The summed E-state index contributed by atoms with van der Waals surface area (Å²) in [6, 6.07) is 8.17. The predicted octanol–water partition coefficient (Wildman–Crippen LogP) is 1.22. The predicted molar refractivity (Wildman–Crippen MR) is 98.2 cm³/mol. The van der Waals surface area contributed by atoms with Crippen molar-refractivity contribution in [1.82, 2.24) is 14.5 Å².